The van der Waals surface area contributed by atoms with Gasteiger partial charge in [0.25, 0.3) is 0 Å². The second-order valence-corrected chi connectivity index (χ2v) is 5.87. The van der Waals surface area contributed by atoms with Crippen LogP contribution in [0.3, 0.4) is 0 Å². The van der Waals surface area contributed by atoms with Gasteiger partial charge in [0.15, 0.2) is 0 Å². The average Bonchev–Trinajstić information content (AvgIpc) is 2.15. The van der Waals surface area contributed by atoms with Crippen molar-refractivity contribution < 1.29 is 8.42 Å². The molecule has 0 aromatic rings. The minimum absolute atomic E-state index is 0.102. The Bertz CT molecular complexity index is 264. The van der Waals surface area contributed by atoms with Crippen molar-refractivity contribution in [2.75, 3.05) is 25.4 Å². The Hall–Kier alpha value is -0.130. The molecule has 0 spiro atoms. The molecular weight excluding hydrogens is 200 g/mol. The van der Waals surface area contributed by atoms with E-state index in [1.54, 1.807) is 4.31 Å². The van der Waals surface area contributed by atoms with E-state index in [1.807, 2.05) is 13.8 Å². The molecule has 0 aromatic heterocycles. The molecule has 1 atom stereocenters. The van der Waals surface area contributed by atoms with Crippen molar-refractivity contribution in [2.24, 2.45) is 0 Å². The Morgan fingerprint density at radius 3 is 2.79 bits per heavy atom. The summed E-state index contributed by atoms with van der Waals surface area (Å²) >= 11 is 0. The summed E-state index contributed by atoms with van der Waals surface area (Å²) in [4.78, 5) is 0. The molecular formula is C9H20N2O2S. The van der Waals surface area contributed by atoms with Crippen molar-refractivity contribution in [3.05, 3.63) is 0 Å². The summed E-state index contributed by atoms with van der Waals surface area (Å²) in [5, 5.41) is 3.19. The first-order valence-corrected chi connectivity index (χ1v) is 6.89. The Kier molecular flexibility index (Phi) is 4.34. The largest absolute Gasteiger partial charge is 0.314 e. The number of sulfonamides is 1. The van der Waals surface area contributed by atoms with Gasteiger partial charge in [0.2, 0.25) is 10.0 Å². The fraction of sp³-hybridized carbons (Fsp3) is 1.00. The Morgan fingerprint density at radius 1 is 1.50 bits per heavy atom. The van der Waals surface area contributed by atoms with Crippen molar-refractivity contribution in [2.45, 2.75) is 32.7 Å². The average molecular weight is 220 g/mol. The molecule has 0 saturated carbocycles. The van der Waals surface area contributed by atoms with Crippen LogP contribution in [0.2, 0.25) is 0 Å². The molecule has 0 amide bonds. The summed E-state index contributed by atoms with van der Waals surface area (Å²) in [5.74, 6) is 0.299. The quantitative estimate of drug-likeness (QED) is 0.746. The van der Waals surface area contributed by atoms with Gasteiger partial charge in [-0.1, -0.05) is 13.3 Å². The van der Waals surface area contributed by atoms with Crippen LogP contribution in [0.15, 0.2) is 0 Å². The highest BCUT2D eigenvalue weighted by atomic mass is 32.2. The lowest BCUT2D eigenvalue weighted by Crippen LogP contribution is -2.52. The van der Waals surface area contributed by atoms with E-state index in [0.717, 1.165) is 25.9 Å². The van der Waals surface area contributed by atoms with Gasteiger partial charge in [-0.2, -0.15) is 4.31 Å². The van der Waals surface area contributed by atoms with E-state index in [2.05, 4.69) is 5.32 Å². The third-order valence-electron chi connectivity index (χ3n) is 2.55. The number of unbranched alkanes of at least 4 members (excludes halogenated alkanes) is 1. The molecule has 1 rings (SSSR count). The maximum atomic E-state index is 11.9. The van der Waals surface area contributed by atoms with Gasteiger partial charge in [0.1, 0.15) is 0 Å². The number of hydrogen-bond acceptors (Lipinski definition) is 3. The number of nitrogens with one attached hydrogen (secondary N) is 1. The topological polar surface area (TPSA) is 49.4 Å². The molecule has 1 fully saturated rings. The lowest BCUT2D eigenvalue weighted by Gasteiger charge is -2.32. The molecule has 0 aliphatic carbocycles. The van der Waals surface area contributed by atoms with Crippen molar-refractivity contribution in [3.8, 4) is 0 Å². The van der Waals surface area contributed by atoms with Gasteiger partial charge in [-0.3, -0.25) is 0 Å². The van der Waals surface area contributed by atoms with E-state index in [0.29, 0.717) is 12.3 Å². The van der Waals surface area contributed by atoms with E-state index < -0.39 is 10.0 Å². The van der Waals surface area contributed by atoms with Crippen molar-refractivity contribution >= 4 is 10.0 Å². The summed E-state index contributed by atoms with van der Waals surface area (Å²) in [6.07, 6.45) is 1.69. The molecule has 1 aliphatic rings. The molecule has 0 aromatic carbocycles. The van der Waals surface area contributed by atoms with E-state index >= 15 is 0 Å². The highest BCUT2D eigenvalue weighted by Gasteiger charge is 2.28. The lowest BCUT2D eigenvalue weighted by atomic mass is 10.3. The first-order chi connectivity index (χ1) is 6.58. The third kappa shape index (κ3) is 2.93. The van der Waals surface area contributed by atoms with Crippen LogP contribution < -0.4 is 5.32 Å². The zero-order valence-corrected chi connectivity index (χ0v) is 9.81. The molecule has 0 unspecified atom stereocenters. The van der Waals surface area contributed by atoms with Gasteiger partial charge < -0.3 is 5.32 Å². The molecule has 14 heavy (non-hydrogen) atoms. The van der Waals surface area contributed by atoms with E-state index in [4.69, 9.17) is 0 Å². The van der Waals surface area contributed by atoms with Crippen LogP contribution in [-0.2, 0) is 10.0 Å². The predicted molar refractivity (Wildman–Crippen MR) is 57.7 cm³/mol. The minimum Gasteiger partial charge on any atom is -0.314 e. The lowest BCUT2D eigenvalue weighted by molar-refractivity contribution is 0.283. The number of piperazine rings is 1. The van der Waals surface area contributed by atoms with Crippen molar-refractivity contribution in [1.82, 2.24) is 9.62 Å². The SMILES string of the molecule is CCCCS(=O)(=O)N1CCNC[C@H]1C. The Balaban J connectivity index is 2.60. The number of hydrogen-bond donors (Lipinski definition) is 1. The number of nitrogens with zero attached hydrogens (tertiary/aromatic N) is 1. The second-order valence-electron chi connectivity index (χ2n) is 3.83. The molecule has 1 heterocycles. The first-order valence-electron chi connectivity index (χ1n) is 5.28. The summed E-state index contributed by atoms with van der Waals surface area (Å²) in [6, 6.07) is 0.102. The highest BCUT2D eigenvalue weighted by molar-refractivity contribution is 7.89. The number of rotatable bonds is 4. The Morgan fingerprint density at radius 2 is 2.21 bits per heavy atom. The minimum atomic E-state index is -3.00. The van der Waals surface area contributed by atoms with Crippen LogP contribution in [-0.4, -0.2) is 44.2 Å². The molecule has 1 N–H and O–H groups in total. The maximum Gasteiger partial charge on any atom is 0.214 e. The van der Waals surface area contributed by atoms with Crippen LogP contribution in [0.4, 0.5) is 0 Å². The Labute approximate surface area is 86.7 Å². The molecule has 0 bridgehead atoms. The van der Waals surface area contributed by atoms with Gasteiger partial charge in [-0.05, 0) is 13.3 Å². The van der Waals surface area contributed by atoms with Crippen molar-refractivity contribution in [3.63, 3.8) is 0 Å². The highest BCUT2D eigenvalue weighted by Crippen LogP contribution is 2.11. The summed E-state index contributed by atoms with van der Waals surface area (Å²) < 4.78 is 25.3. The molecule has 0 radical (unpaired) electrons. The van der Waals surface area contributed by atoms with Crippen LogP contribution in [0.1, 0.15) is 26.7 Å². The maximum absolute atomic E-state index is 11.9. The van der Waals surface area contributed by atoms with Gasteiger partial charge in [0.05, 0.1) is 5.75 Å². The van der Waals surface area contributed by atoms with Gasteiger partial charge in [0, 0.05) is 25.7 Å². The zero-order valence-electron chi connectivity index (χ0n) is 8.99. The van der Waals surface area contributed by atoms with Gasteiger partial charge in [-0.15, -0.1) is 0 Å². The standard InChI is InChI=1S/C9H20N2O2S/c1-3-4-7-14(12,13)11-6-5-10-8-9(11)2/h9-10H,3-8H2,1-2H3/t9-/m1/s1. The van der Waals surface area contributed by atoms with E-state index in [9.17, 15) is 8.42 Å². The van der Waals surface area contributed by atoms with Crippen LogP contribution >= 0.6 is 0 Å². The molecule has 1 aliphatic heterocycles. The smallest absolute Gasteiger partial charge is 0.214 e. The molecule has 1 saturated heterocycles. The molecule has 5 heteroatoms. The second kappa shape index (κ2) is 5.09. The van der Waals surface area contributed by atoms with Crippen LogP contribution in [0.5, 0.6) is 0 Å². The third-order valence-corrected chi connectivity index (χ3v) is 4.62. The van der Waals surface area contributed by atoms with Crippen LogP contribution in [0, 0.1) is 0 Å². The van der Waals surface area contributed by atoms with E-state index in [-0.39, 0.29) is 6.04 Å². The monoisotopic (exact) mass is 220 g/mol. The van der Waals surface area contributed by atoms with Crippen molar-refractivity contribution in [1.29, 1.82) is 0 Å². The fourth-order valence-corrected chi connectivity index (χ4v) is 3.56. The summed E-state index contributed by atoms with van der Waals surface area (Å²) in [6.45, 7) is 6.13. The van der Waals surface area contributed by atoms with Crippen LogP contribution in [0.25, 0.3) is 0 Å². The first kappa shape index (κ1) is 11.9. The predicted octanol–water partition coefficient (Wildman–Crippen LogP) is 0.410. The summed E-state index contributed by atoms with van der Waals surface area (Å²) in [5.41, 5.74) is 0. The normalized spacial score (nSPS) is 25.1. The molecule has 4 nitrogen and oxygen atoms in total. The van der Waals surface area contributed by atoms with Gasteiger partial charge >= 0.3 is 0 Å². The zero-order chi connectivity index (χ0) is 10.6. The molecule has 84 valence electrons. The summed E-state index contributed by atoms with van der Waals surface area (Å²) in [7, 11) is -3.00. The van der Waals surface area contributed by atoms with Gasteiger partial charge in [-0.25, -0.2) is 8.42 Å². The van der Waals surface area contributed by atoms with E-state index in [1.165, 1.54) is 0 Å². The fourth-order valence-electron chi connectivity index (χ4n) is 1.68.